The molecule has 0 saturated heterocycles. The predicted octanol–water partition coefficient (Wildman–Crippen LogP) is 6.61. The first kappa shape index (κ1) is 16.0. The Bertz CT molecular complexity index is 1030. The first-order valence-electron chi connectivity index (χ1n) is 7.82. The van der Waals surface area contributed by atoms with Crippen LogP contribution in [0, 0.1) is 0 Å². The normalized spacial score (nSPS) is 11.6. The average molecular weight is 364 g/mol. The largest absolute Gasteiger partial charge is 0.411 e. The second kappa shape index (κ2) is 6.79. The number of rotatable bonds is 3. The zero-order valence-corrected chi connectivity index (χ0v) is 14.8. The molecule has 0 atom stereocenters. The second-order valence-electron chi connectivity index (χ2n) is 5.63. The van der Waals surface area contributed by atoms with Crippen molar-refractivity contribution in [2.45, 2.75) is 9.79 Å². The topological polar surface area (TPSA) is 32.6 Å². The first-order valence-corrected chi connectivity index (χ1v) is 9.01. The van der Waals surface area contributed by atoms with Crippen LogP contribution >= 0.6 is 23.4 Å². The zero-order chi connectivity index (χ0) is 17.2. The second-order valence-corrected chi connectivity index (χ2v) is 7.15. The molecule has 0 bridgehead atoms. The standard InChI is InChI=1S/C21H14ClNOS/c22-14-9-11-15(12-10-14)25-21-18-7-3-1-5-16(18)20(13-23-24)17-6-2-4-8-19(17)21/h1-13,24H/b23-13-. The third kappa shape index (κ3) is 2.97. The molecule has 1 N–H and O–H groups in total. The van der Waals surface area contributed by atoms with Gasteiger partial charge in [-0.1, -0.05) is 77.0 Å². The van der Waals surface area contributed by atoms with E-state index in [1.807, 2.05) is 48.5 Å². The molecule has 0 spiro atoms. The fourth-order valence-electron chi connectivity index (χ4n) is 3.05. The van der Waals surface area contributed by atoms with Gasteiger partial charge in [0.1, 0.15) is 0 Å². The minimum Gasteiger partial charge on any atom is -0.411 e. The van der Waals surface area contributed by atoms with Crippen LogP contribution in [-0.4, -0.2) is 11.4 Å². The summed E-state index contributed by atoms with van der Waals surface area (Å²) in [7, 11) is 0. The van der Waals surface area contributed by atoms with E-state index in [1.54, 1.807) is 11.8 Å². The number of benzene rings is 4. The summed E-state index contributed by atoms with van der Waals surface area (Å²) < 4.78 is 0. The van der Waals surface area contributed by atoms with Gasteiger partial charge in [-0.05, 0) is 45.8 Å². The van der Waals surface area contributed by atoms with Crippen LogP contribution in [0.15, 0.2) is 87.7 Å². The molecule has 0 unspecified atom stereocenters. The molecule has 0 aromatic heterocycles. The summed E-state index contributed by atoms with van der Waals surface area (Å²) in [5.74, 6) is 0. The van der Waals surface area contributed by atoms with Crippen molar-refractivity contribution in [3.63, 3.8) is 0 Å². The van der Waals surface area contributed by atoms with Crippen molar-refractivity contribution in [2.24, 2.45) is 5.16 Å². The highest BCUT2D eigenvalue weighted by Crippen LogP contribution is 2.41. The molecule has 2 nitrogen and oxygen atoms in total. The zero-order valence-electron chi connectivity index (χ0n) is 13.2. The SMILES string of the molecule is O/N=C\c1c2ccccc2c(Sc2ccc(Cl)cc2)c2ccccc12. The lowest BCUT2D eigenvalue weighted by atomic mass is 9.97. The van der Waals surface area contributed by atoms with Crippen molar-refractivity contribution in [1.82, 2.24) is 0 Å². The highest BCUT2D eigenvalue weighted by Gasteiger charge is 2.13. The van der Waals surface area contributed by atoms with E-state index in [1.165, 1.54) is 11.1 Å². The summed E-state index contributed by atoms with van der Waals surface area (Å²) in [6.45, 7) is 0. The van der Waals surface area contributed by atoms with Gasteiger partial charge in [-0.2, -0.15) is 0 Å². The fourth-order valence-corrected chi connectivity index (χ4v) is 4.26. The van der Waals surface area contributed by atoms with Gasteiger partial charge in [0, 0.05) is 20.4 Å². The number of halogens is 1. The molecule has 122 valence electrons. The molecule has 0 radical (unpaired) electrons. The van der Waals surface area contributed by atoms with E-state index < -0.39 is 0 Å². The van der Waals surface area contributed by atoms with Crippen molar-refractivity contribution in [3.05, 3.63) is 83.4 Å². The Balaban J connectivity index is 2.04. The number of fused-ring (bicyclic) bond motifs is 2. The monoisotopic (exact) mass is 363 g/mol. The number of oxime groups is 1. The van der Waals surface area contributed by atoms with Crippen LogP contribution in [-0.2, 0) is 0 Å². The van der Waals surface area contributed by atoms with E-state index >= 15 is 0 Å². The van der Waals surface area contributed by atoms with Gasteiger partial charge in [0.15, 0.2) is 0 Å². The lowest BCUT2D eigenvalue weighted by molar-refractivity contribution is 0.322. The van der Waals surface area contributed by atoms with Gasteiger partial charge in [-0.3, -0.25) is 0 Å². The maximum absolute atomic E-state index is 9.12. The summed E-state index contributed by atoms with van der Waals surface area (Å²) >= 11 is 7.73. The minimum atomic E-state index is 0.730. The molecule has 4 heteroatoms. The quantitative estimate of drug-likeness (QED) is 0.192. The Kier molecular flexibility index (Phi) is 4.35. The van der Waals surface area contributed by atoms with Gasteiger partial charge in [0.05, 0.1) is 6.21 Å². The summed E-state index contributed by atoms with van der Waals surface area (Å²) in [5, 5.41) is 17.5. The Hall–Kier alpha value is -2.49. The molecular formula is C21H14ClNOS. The van der Waals surface area contributed by atoms with Crippen LogP contribution in [0.1, 0.15) is 5.56 Å². The summed E-state index contributed by atoms with van der Waals surface area (Å²) in [6, 6.07) is 24.3. The molecule has 0 aliphatic rings. The molecule has 0 fully saturated rings. The summed E-state index contributed by atoms with van der Waals surface area (Å²) in [6.07, 6.45) is 1.52. The van der Waals surface area contributed by atoms with E-state index in [9.17, 15) is 0 Å². The van der Waals surface area contributed by atoms with Crippen LogP contribution in [0.4, 0.5) is 0 Å². The van der Waals surface area contributed by atoms with E-state index in [0.717, 1.165) is 37.0 Å². The summed E-state index contributed by atoms with van der Waals surface area (Å²) in [4.78, 5) is 2.31. The van der Waals surface area contributed by atoms with Crippen molar-refractivity contribution >= 4 is 51.1 Å². The maximum Gasteiger partial charge on any atom is 0.0746 e. The van der Waals surface area contributed by atoms with Crippen molar-refractivity contribution in [1.29, 1.82) is 0 Å². The maximum atomic E-state index is 9.12. The average Bonchev–Trinajstić information content (AvgIpc) is 2.66. The molecule has 4 aromatic rings. The predicted molar refractivity (Wildman–Crippen MR) is 106 cm³/mol. The number of hydrogen-bond donors (Lipinski definition) is 1. The van der Waals surface area contributed by atoms with Gasteiger partial charge in [0.2, 0.25) is 0 Å². The van der Waals surface area contributed by atoms with Crippen LogP contribution < -0.4 is 0 Å². The molecule has 0 amide bonds. The van der Waals surface area contributed by atoms with Crippen molar-refractivity contribution < 1.29 is 5.21 Å². The van der Waals surface area contributed by atoms with Crippen LogP contribution in [0.5, 0.6) is 0 Å². The van der Waals surface area contributed by atoms with E-state index in [2.05, 4.69) is 29.4 Å². The number of hydrogen-bond acceptors (Lipinski definition) is 3. The van der Waals surface area contributed by atoms with E-state index in [4.69, 9.17) is 16.8 Å². The van der Waals surface area contributed by atoms with Crippen molar-refractivity contribution in [3.8, 4) is 0 Å². The van der Waals surface area contributed by atoms with E-state index in [-0.39, 0.29) is 0 Å². The van der Waals surface area contributed by atoms with Gasteiger partial charge < -0.3 is 5.21 Å². The molecule has 0 aliphatic carbocycles. The Morgan fingerprint density at radius 1 is 0.760 bits per heavy atom. The lowest BCUT2D eigenvalue weighted by Crippen LogP contribution is -1.91. The van der Waals surface area contributed by atoms with Gasteiger partial charge in [0.25, 0.3) is 0 Å². The molecular weight excluding hydrogens is 350 g/mol. The molecule has 0 aliphatic heterocycles. The summed E-state index contributed by atoms with van der Waals surface area (Å²) in [5.41, 5.74) is 0.925. The van der Waals surface area contributed by atoms with Gasteiger partial charge in [-0.15, -0.1) is 0 Å². The molecule has 4 aromatic carbocycles. The molecule has 0 saturated carbocycles. The van der Waals surface area contributed by atoms with Gasteiger partial charge in [-0.25, -0.2) is 0 Å². The van der Waals surface area contributed by atoms with Crippen molar-refractivity contribution in [2.75, 3.05) is 0 Å². The third-order valence-electron chi connectivity index (χ3n) is 4.14. The minimum absolute atomic E-state index is 0.730. The Morgan fingerprint density at radius 3 is 1.80 bits per heavy atom. The fraction of sp³-hybridized carbons (Fsp3) is 0. The van der Waals surface area contributed by atoms with Crippen LogP contribution in [0.3, 0.4) is 0 Å². The highest BCUT2D eigenvalue weighted by atomic mass is 35.5. The first-order chi connectivity index (χ1) is 12.3. The van der Waals surface area contributed by atoms with E-state index in [0.29, 0.717) is 0 Å². The molecule has 4 rings (SSSR count). The van der Waals surface area contributed by atoms with Crippen LogP contribution in [0.2, 0.25) is 5.02 Å². The third-order valence-corrected chi connectivity index (χ3v) is 5.55. The number of nitrogens with zero attached hydrogens (tertiary/aromatic N) is 1. The molecule has 0 heterocycles. The van der Waals surface area contributed by atoms with Crippen LogP contribution in [0.25, 0.3) is 21.5 Å². The molecule has 25 heavy (non-hydrogen) atoms. The Labute approximate surface area is 154 Å². The Morgan fingerprint density at radius 2 is 1.28 bits per heavy atom. The lowest BCUT2D eigenvalue weighted by Gasteiger charge is -2.14. The highest BCUT2D eigenvalue weighted by molar-refractivity contribution is 7.99. The smallest absolute Gasteiger partial charge is 0.0746 e. The van der Waals surface area contributed by atoms with Gasteiger partial charge >= 0.3 is 0 Å².